The predicted molar refractivity (Wildman–Crippen MR) is 173 cm³/mol. The maximum absolute atomic E-state index is 13.3. The van der Waals surface area contributed by atoms with Crippen LogP contribution in [-0.4, -0.2) is 102 Å². The van der Waals surface area contributed by atoms with E-state index in [4.69, 9.17) is 32.7 Å². The van der Waals surface area contributed by atoms with Gasteiger partial charge in [0, 0.05) is 64.7 Å². The highest BCUT2D eigenvalue weighted by Gasteiger charge is 2.20. The van der Waals surface area contributed by atoms with E-state index in [1.165, 1.54) is 0 Å². The summed E-state index contributed by atoms with van der Waals surface area (Å²) in [6, 6.07) is 21.4. The average Bonchev–Trinajstić information content (AvgIpc) is 3.03. The van der Waals surface area contributed by atoms with Crippen LogP contribution in [0, 0.1) is 0 Å². The van der Waals surface area contributed by atoms with Crippen molar-refractivity contribution in [3.8, 4) is 11.1 Å². The summed E-state index contributed by atoms with van der Waals surface area (Å²) < 4.78 is 10.8. The van der Waals surface area contributed by atoms with E-state index in [9.17, 15) is 9.59 Å². The van der Waals surface area contributed by atoms with Crippen LogP contribution in [0.2, 0.25) is 10.0 Å². The molecule has 4 rings (SSSR count). The second-order valence-electron chi connectivity index (χ2n) is 10.8. The van der Waals surface area contributed by atoms with E-state index in [1.807, 2.05) is 35.2 Å². The fourth-order valence-corrected chi connectivity index (χ4v) is 5.28. The van der Waals surface area contributed by atoms with Crippen LogP contribution in [-0.2, 0) is 14.3 Å². The molecular formula is C33H40Cl2N4O4. The van der Waals surface area contributed by atoms with Gasteiger partial charge in [0.15, 0.2) is 5.78 Å². The highest BCUT2D eigenvalue weighted by Crippen LogP contribution is 2.27. The molecule has 1 saturated heterocycles. The van der Waals surface area contributed by atoms with Gasteiger partial charge in [-0.3, -0.25) is 14.5 Å². The molecule has 1 fully saturated rings. The molecular weight excluding hydrogens is 587 g/mol. The maximum Gasteiger partial charge on any atom is 0.253 e. The molecule has 0 saturated carbocycles. The third-order valence-electron chi connectivity index (χ3n) is 7.48. The molecule has 230 valence electrons. The summed E-state index contributed by atoms with van der Waals surface area (Å²) in [7, 11) is 5.13. The summed E-state index contributed by atoms with van der Waals surface area (Å²) in [5.41, 5.74) is 4.67. The third kappa shape index (κ3) is 9.50. The fourth-order valence-electron chi connectivity index (χ4n) is 4.99. The Morgan fingerprint density at radius 3 is 2.21 bits per heavy atom. The maximum atomic E-state index is 13.3. The highest BCUT2D eigenvalue weighted by molar-refractivity contribution is 6.42. The molecule has 1 heterocycles. The first kappa shape index (κ1) is 32.9. The summed E-state index contributed by atoms with van der Waals surface area (Å²) >= 11 is 12.4. The minimum Gasteiger partial charge on any atom is -0.383 e. The van der Waals surface area contributed by atoms with Crippen LogP contribution in [0.25, 0.3) is 11.1 Å². The first-order valence-electron chi connectivity index (χ1n) is 14.4. The Labute approximate surface area is 264 Å². The van der Waals surface area contributed by atoms with Gasteiger partial charge in [0.2, 0.25) is 0 Å². The van der Waals surface area contributed by atoms with Crippen LogP contribution < -0.4 is 10.2 Å². The molecule has 1 N–H and O–H groups in total. The van der Waals surface area contributed by atoms with Gasteiger partial charge in [-0.2, -0.15) is 0 Å². The van der Waals surface area contributed by atoms with E-state index in [0.717, 1.165) is 42.0 Å². The van der Waals surface area contributed by atoms with E-state index in [1.54, 1.807) is 38.2 Å². The minimum atomic E-state index is -0.0476. The van der Waals surface area contributed by atoms with Gasteiger partial charge >= 0.3 is 0 Å². The van der Waals surface area contributed by atoms with Gasteiger partial charge < -0.3 is 24.6 Å². The number of benzene rings is 3. The van der Waals surface area contributed by atoms with Crippen molar-refractivity contribution in [2.45, 2.75) is 6.04 Å². The number of carbonyl (C=O) groups excluding carboxylic acids is 2. The molecule has 1 amide bonds. The van der Waals surface area contributed by atoms with Gasteiger partial charge in [-0.25, -0.2) is 0 Å². The zero-order valence-electron chi connectivity index (χ0n) is 25.0. The normalized spacial score (nSPS) is 14.3. The number of halogens is 2. The van der Waals surface area contributed by atoms with Gasteiger partial charge in [0.1, 0.15) is 0 Å². The molecule has 1 atom stereocenters. The quantitative estimate of drug-likeness (QED) is 0.268. The Hall–Kier alpha value is -2.98. The molecule has 0 aromatic heterocycles. The summed E-state index contributed by atoms with van der Waals surface area (Å²) in [6.07, 6.45) is 0. The molecule has 0 bridgehead atoms. The van der Waals surface area contributed by atoms with Crippen molar-refractivity contribution in [3.05, 3.63) is 87.9 Å². The number of morpholine rings is 1. The average molecular weight is 628 g/mol. The van der Waals surface area contributed by atoms with Crippen molar-refractivity contribution in [1.29, 1.82) is 0 Å². The Morgan fingerprint density at radius 1 is 0.953 bits per heavy atom. The van der Waals surface area contributed by atoms with Crippen molar-refractivity contribution >= 4 is 40.6 Å². The number of Topliss-reactive ketones (excluding diaryl/α,β-unsaturated/α-hetero) is 1. The van der Waals surface area contributed by atoms with Gasteiger partial charge in [-0.1, -0.05) is 59.6 Å². The molecule has 1 unspecified atom stereocenters. The summed E-state index contributed by atoms with van der Waals surface area (Å²) in [5, 5.41) is 4.44. The first-order chi connectivity index (χ1) is 20.7. The first-order valence-corrected chi connectivity index (χ1v) is 15.2. The minimum absolute atomic E-state index is 0.0211. The van der Waals surface area contributed by atoms with E-state index < -0.39 is 0 Å². The van der Waals surface area contributed by atoms with Crippen molar-refractivity contribution in [3.63, 3.8) is 0 Å². The molecule has 3 aromatic carbocycles. The number of rotatable bonds is 14. The van der Waals surface area contributed by atoms with Crippen LogP contribution in [0.1, 0.15) is 22.0 Å². The van der Waals surface area contributed by atoms with Crippen LogP contribution in [0.15, 0.2) is 66.7 Å². The van der Waals surface area contributed by atoms with E-state index >= 15 is 0 Å². The molecule has 0 radical (unpaired) electrons. The zero-order chi connectivity index (χ0) is 30.8. The molecule has 0 aliphatic carbocycles. The van der Waals surface area contributed by atoms with Crippen molar-refractivity contribution in [1.82, 2.24) is 15.1 Å². The van der Waals surface area contributed by atoms with Crippen molar-refractivity contribution in [2.24, 2.45) is 0 Å². The number of carbonyl (C=O) groups is 2. The Kier molecular flexibility index (Phi) is 12.4. The number of ketones is 1. The highest BCUT2D eigenvalue weighted by atomic mass is 35.5. The molecule has 1 aliphatic rings. The van der Waals surface area contributed by atoms with E-state index in [0.29, 0.717) is 42.0 Å². The van der Waals surface area contributed by atoms with Crippen LogP contribution in [0.4, 0.5) is 5.69 Å². The van der Waals surface area contributed by atoms with Crippen LogP contribution in [0.5, 0.6) is 0 Å². The lowest BCUT2D eigenvalue weighted by Crippen LogP contribution is -2.44. The molecule has 1 aliphatic heterocycles. The molecule has 43 heavy (non-hydrogen) atoms. The largest absolute Gasteiger partial charge is 0.383 e. The molecule has 10 heteroatoms. The van der Waals surface area contributed by atoms with Gasteiger partial charge in [0.05, 0.1) is 43.0 Å². The van der Waals surface area contributed by atoms with E-state index in [-0.39, 0.29) is 30.8 Å². The second-order valence-corrected chi connectivity index (χ2v) is 11.6. The number of ether oxygens (including phenoxy) is 2. The standard InChI is InChI=1S/C33H40Cl2N4O4/c1-37(2)33(41)27-10-6-25(7-11-27)24-4-8-26(9-5-24)32(23-38-14-18-43-19-15-38)36-21-29(40)22-39(16-17-42-3)28-12-13-30(34)31(35)20-28/h4-13,20,32,36H,14-19,21-23H2,1-3H3. The third-order valence-corrected chi connectivity index (χ3v) is 8.21. The summed E-state index contributed by atoms with van der Waals surface area (Å²) in [5.74, 6) is 0.0328. The number of amides is 1. The van der Waals surface area contributed by atoms with Gasteiger partial charge in [0.25, 0.3) is 5.91 Å². The second kappa shape index (κ2) is 16.2. The Morgan fingerprint density at radius 2 is 1.60 bits per heavy atom. The number of nitrogens with one attached hydrogen (secondary N) is 1. The monoisotopic (exact) mass is 626 g/mol. The predicted octanol–water partition coefficient (Wildman–Crippen LogP) is 5.05. The van der Waals surface area contributed by atoms with Gasteiger partial charge in [-0.05, 0) is 47.0 Å². The lowest BCUT2D eigenvalue weighted by molar-refractivity contribution is -0.117. The molecule has 0 spiro atoms. The van der Waals surface area contributed by atoms with Crippen LogP contribution in [0.3, 0.4) is 0 Å². The number of anilines is 1. The van der Waals surface area contributed by atoms with Crippen molar-refractivity contribution < 1.29 is 19.1 Å². The number of hydrogen-bond donors (Lipinski definition) is 1. The number of hydrogen-bond acceptors (Lipinski definition) is 7. The van der Waals surface area contributed by atoms with E-state index in [2.05, 4.69) is 34.5 Å². The molecule has 8 nitrogen and oxygen atoms in total. The number of nitrogens with zero attached hydrogens (tertiary/aromatic N) is 3. The Bertz CT molecular complexity index is 1350. The molecule has 3 aromatic rings. The Balaban J connectivity index is 1.45. The van der Waals surface area contributed by atoms with Gasteiger partial charge in [-0.15, -0.1) is 0 Å². The van der Waals surface area contributed by atoms with Crippen molar-refractivity contribution in [2.75, 3.05) is 85.2 Å². The lowest BCUT2D eigenvalue weighted by Gasteiger charge is -2.31. The SMILES string of the molecule is COCCN(CC(=O)CNC(CN1CCOCC1)c1ccc(-c2ccc(C(=O)N(C)C)cc2)cc1)c1ccc(Cl)c(Cl)c1. The lowest BCUT2D eigenvalue weighted by atomic mass is 9.99. The fraction of sp³-hybridized carbons (Fsp3) is 0.394. The van der Waals surface area contributed by atoms with Crippen LogP contribution >= 0.6 is 23.2 Å². The summed E-state index contributed by atoms with van der Waals surface area (Å²) in [6.45, 7) is 5.31. The topological polar surface area (TPSA) is 74.4 Å². The number of methoxy groups -OCH3 is 1. The summed E-state index contributed by atoms with van der Waals surface area (Å²) in [4.78, 5) is 31.4. The zero-order valence-corrected chi connectivity index (χ0v) is 26.5. The smallest absolute Gasteiger partial charge is 0.253 e.